The molecular formula is C10H18N2O3. The van der Waals surface area contributed by atoms with Gasteiger partial charge in [0.25, 0.3) is 0 Å². The number of rotatable bonds is 3. The minimum absolute atomic E-state index is 0.0194. The van der Waals surface area contributed by atoms with Gasteiger partial charge >= 0.3 is 5.97 Å². The first-order valence-corrected chi connectivity index (χ1v) is 5.21. The van der Waals surface area contributed by atoms with E-state index in [2.05, 4.69) is 22.3 Å². The Morgan fingerprint density at radius 1 is 1.53 bits per heavy atom. The zero-order valence-corrected chi connectivity index (χ0v) is 9.21. The monoisotopic (exact) mass is 214 g/mol. The van der Waals surface area contributed by atoms with Crippen LogP contribution in [0.1, 0.15) is 19.8 Å². The molecule has 1 fully saturated rings. The minimum atomic E-state index is -0.412. The Balaban J connectivity index is 2.30. The molecule has 0 aromatic carbocycles. The first-order valence-electron chi connectivity index (χ1n) is 5.21. The van der Waals surface area contributed by atoms with Gasteiger partial charge in [0, 0.05) is 12.0 Å². The lowest BCUT2D eigenvalue weighted by molar-refractivity contribution is -0.141. The molecule has 0 aliphatic carbocycles. The molecule has 0 spiro atoms. The van der Waals surface area contributed by atoms with Gasteiger partial charge in [-0.3, -0.25) is 9.59 Å². The van der Waals surface area contributed by atoms with Crippen molar-refractivity contribution in [2.45, 2.75) is 25.8 Å². The zero-order chi connectivity index (χ0) is 11.3. The summed E-state index contributed by atoms with van der Waals surface area (Å²) in [5.74, 6) is -0.440. The molecule has 1 amide bonds. The Hall–Kier alpha value is -1.10. The number of methoxy groups -OCH3 is 1. The third kappa shape index (κ3) is 3.87. The molecule has 2 N–H and O–H groups in total. The Labute approximate surface area is 89.6 Å². The summed E-state index contributed by atoms with van der Waals surface area (Å²) in [7, 11) is 1.31. The molecule has 0 saturated carbocycles. The summed E-state index contributed by atoms with van der Waals surface area (Å²) in [6, 6.07) is 0.368. The number of ether oxygens (including phenoxy) is 1. The summed E-state index contributed by atoms with van der Waals surface area (Å²) in [6.07, 6.45) is 1.66. The molecule has 1 saturated heterocycles. The fourth-order valence-electron chi connectivity index (χ4n) is 1.75. The van der Waals surface area contributed by atoms with Crippen molar-refractivity contribution in [3.8, 4) is 0 Å². The van der Waals surface area contributed by atoms with Crippen LogP contribution in [-0.2, 0) is 14.3 Å². The number of piperidine rings is 1. The molecule has 0 radical (unpaired) electrons. The SMILES string of the molecule is COC(=O)CNC(=O)[C@H]1CCN[C@@H](C)C1. The van der Waals surface area contributed by atoms with Crippen molar-refractivity contribution in [1.82, 2.24) is 10.6 Å². The second kappa shape index (κ2) is 5.70. The van der Waals surface area contributed by atoms with E-state index in [1.165, 1.54) is 7.11 Å². The smallest absolute Gasteiger partial charge is 0.325 e. The first kappa shape index (κ1) is 12.0. The summed E-state index contributed by atoms with van der Waals surface area (Å²) >= 11 is 0. The molecule has 5 nitrogen and oxygen atoms in total. The minimum Gasteiger partial charge on any atom is -0.468 e. The van der Waals surface area contributed by atoms with Crippen LogP contribution in [0.15, 0.2) is 0 Å². The maximum Gasteiger partial charge on any atom is 0.325 e. The lowest BCUT2D eigenvalue weighted by atomic mass is 9.92. The molecule has 86 valence electrons. The van der Waals surface area contributed by atoms with Gasteiger partial charge in [0.15, 0.2) is 0 Å². The zero-order valence-electron chi connectivity index (χ0n) is 9.21. The predicted molar refractivity (Wildman–Crippen MR) is 55.2 cm³/mol. The van der Waals surface area contributed by atoms with Crippen LogP contribution in [0.25, 0.3) is 0 Å². The molecule has 5 heteroatoms. The van der Waals surface area contributed by atoms with E-state index in [-0.39, 0.29) is 18.4 Å². The lowest BCUT2D eigenvalue weighted by Gasteiger charge is -2.26. The summed E-state index contributed by atoms with van der Waals surface area (Å²) in [5.41, 5.74) is 0. The number of hydrogen-bond acceptors (Lipinski definition) is 4. The van der Waals surface area contributed by atoms with Crippen LogP contribution in [0, 0.1) is 5.92 Å². The molecule has 0 bridgehead atoms. The van der Waals surface area contributed by atoms with Crippen molar-refractivity contribution < 1.29 is 14.3 Å². The Morgan fingerprint density at radius 3 is 2.87 bits per heavy atom. The second-order valence-electron chi connectivity index (χ2n) is 3.87. The summed E-state index contributed by atoms with van der Waals surface area (Å²) < 4.78 is 4.44. The van der Waals surface area contributed by atoms with Crippen molar-refractivity contribution in [2.75, 3.05) is 20.2 Å². The molecule has 15 heavy (non-hydrogen) atoms. The van der Waals surface area contributed by atoms with Gasteiger partial charge < -0.3 is 15.4 Å². The second-order valence-corrected chi connectivity index (χ2v) is 3.87. The lowest BCUT2D eigenvalue weighted by Crippen LogP contribution is -2.43. The molecule has 1 aliphatic heterocycles. The van der Waals surface area contributed by atoms with E-state index in [4.69, 9.17) is 0 Å². The normalized spacial score (nSPS) is 25.7. The quantitative estimate of drug-likeness (QED) is 0.631. The number of hydrogen-bond donors (Lipinski definition) is 2. The Bertz CT molecular complexity index is 243. The highest BCUT2D eigenvalue weighted by atomic mass is 16.5. The molecule has 1 rings (SSSR count). The van der Waals surface area contributed by atoms with E-state index >= 15 is 0 Å². The standard InChI is InChI=1S/C10H18N2O3/c1-7-5-8(3-4-11-7)10(14)12-6-9(13)15-2/h7-8,11H,3-6H2,1-2H3,(H,12,14)/t7-,8-/m0/s1. The fourth-order valence-corrected chi connectivity index (χ4v) is 1.75. The predicted octanol–water partition coefficient (Wildman–Crippen LogP) is -0.336. The van der Waals surface area contributed by atoms with Gasteiger partial charge in [0.2, 0.25) is 5.91 Å². The fraction of sp³-hybridized carbons (Fsp3) is 0.800. The van der Waals surface area contributed by atoms with Gasteiger partial charge in [0.1, 0.15) is 6.54 Å². The molecule has 2 atom stereocenters. The van der Waals surface area contributed by atoms with Gasteiger partial charge in [-0.05, 0) is 26.3 Å². The summed E-state index contributed by atoms with van der Waals surface area (Å²) in [6.45, 7) is 2.88. The third-order valence-corrected chi connectivity index (χ3v) is 2.63. The van der Waals surface area contributed by atoms with E-state index in [1.807, 2.05) is 0 Å². The third-order valence-electron chi connectivity index (χ3n) is 2.63. The van der Waals surface area contributed by atoms with Crippen molar-refractivity contribution in [3.05, 3.63) is 0 Å². The van der Waals surface area contributed by atoms with E-state index in [0.717, 1.165) is 19.4 Å². The van der Waals surface area contributed by atoms with Crippen LogP contribution in [0.2, 0.25) is 0 Å². The Morgan fingerprint density at radius 2 is 2.27 bits per heavy atom. The highest BCUT2D eigenvalue weighted by Crippen LogP contribution is 2.15. The van der Waals surface area contributed by atoms with E-state index in [9.17, 15) is 9.59 Å². The van der Waals surface area contributed by atoms with Crippen LogP contribution in [0.3, 0.4) is 0 Å². The van der Waals surface area contributed by atoms with Gasteiger partial charge in [-0.1, -0.05) is 0 Å². The van der Waals surface area contributed by atoms with Gasteiger partial charge in [0.05, 0.1) is 7.11 Å². The number of nitrogens with one attached hydrogen (secondary N) is 2. The van der Waals surface area contributed by atoms with Crippen LogP contribution in [0.5, 0.6) is 0 Å². The van der Waals surface area contributed by atoms with Crippen LogP contribution in [-0.4, -0.2) is 38.1 Å². The Kier molecular flexibility index (Phi) is 4.55. The molecule has 1 heterocycles. The van der Waals surface area contributed by atoms with Crippen LogP contribution in [0.4, 0.5) is 0 Å². The number of esters is 1. The first-order chi connectivity index (χ1) is 7.13. The average molecular weight is 214 g/mol. The van der Waals surface area contributed by atoms with Gasteiger partial charge in [-0.25, -0.2) is 0 Å². The largest absolute Gasteiger partial charge is 0.468 e. The maximum atomic E-state index is 11.6. The number of carbonyl (C=O) groups excluding carboxylic acids is 2. The highest BCUT2D eigenvalue weighted by molar-refractivity contribution is 5.83. The molecule has 0 aromatic rings. The average Bonchev–Trinajstić information content (AvgIpc) is 2.25. The van der Waals surface area contributed by atoms with Crippen molar-refractivity contribution in [3.63, 3.8) is 0 Å². The van der Waals surface area contributed by atoms with E-state index in [1.54, 1.807) is 0 Å². The van der Waals surface area contributed by atoms with E-state index in [0.29, 0.717) is 6.04 Å². The summed E-state index contributed by atoms with van der Waals surface area (Å²) in [4.78, 5) is 22.4. The highest BCUT2D eigenvalue weighted by Gasteiger charge is 2.24. The van der Waals surface area contributed by atoms with Gasteiger partial charge in [-0.2, -0.15) is 0 Å². The number of carbonyl (C=O) groups is 2. The van der Waals surface area contributed by atoms with Crippen molar-refractivity contribution >= 4 is 11.9 Å². The molecule has 0 aromatic heterocycles. The summed E-state index contributed by atoms with van der Waals surface area (Å²) in [5, 5.41) is 5.85. The van der Waals surface area contributed by atoms with Crippen LogP contribution < -0.4 is 10.6 Å². The van der Waals surface area contributed by atoms with Crippen molar-refractivity contribution in [2.24, 2.45) is 5.92 Å². The number of amides is 1. The molecule has 0 unspecified atom stereocenters. The molecule has 1 aliphatic rings. The van der Waals surface area contributed by atoms with E-state index < -0.39 is 5.97 Å². The maximum absolute atomic E-state index is 11.6. The molecular weight excluding hydrogens is 196 g/mol. The van der Waals surface area contributed by atoms with Crippen LogP contribution >= 0.6 is 0 Å². The van der Waals surface area contributed by atoms with Crippen molar-refractivity contribution in [1.29, 1.82) is 0 Å². The van der Waals surface area contributed by atoms with Gasteiger partial charge in [-0.15, -0.1) is 0 Å². The topological polar surface area (TPSA) is 67.4 Å².